The maximum Gasteiger partial charge on any atom is 0.290 e. The van der Waals surface area contributed by atoms with Crippen LogP contribution in [0.5, 0.6) is 0 Å². The predicted molar refractivity (Wildman–Crippen MR) is 81.5 cm³/mol. The first-order chi connectivity index (χ1) is 10.1. The number of likely N-dealkylation sites (tertiary alicyclic amines) is 1. The summed E-state index contributed by atoms with van der Waals surface area (Å²) in [7, 11) is 0. The topological polar surface area (TPSA) is 71.3 Å². The van der Waals surface area contributed by atoms with Gasteiger partial charge in [-0.2, -0.15) is 0 Å². The largest absolute Gasteiger partial charge is 0.366 e. The van der Waals surface area contributed by atoms with Crippen LogP contribution in [0, 0.1) is 17.0 Å². The number of anilines is 1. The van der Waals surface area contributed by atoms with E-state index >= 15 is 0 Å². The van der Waals surface area contributed by atoms with Crippen molar-refractivity contribution in [3.05, 3.63) is 27.9 Å². The van der Waals surface area contributed by atoms with E-state index in [0.29, 0.717) is 11.6 Å². The molecule has 0 radical (unpaired) electrons. The van der Waals surface area contributed by atoms with E-state index in [-0.39, 0.29) is 10.6 Å². The molecule has 0 aromatic carbocycles. The van der Waals surface area contributed by atoms with Crippen LogP contribution in [0.15, 0.2) is 12.3 Å². The van der Waals surface area contributed by atoms with Gasteiger partial charge in [0.05, 0.1) is 4.92 Å². The average Bonchev–Trinajstić information content (AvgIpc) is 3.08. The highest BCUT2D eigenvalue weighted by molar-refractivity contribution is 5.47. The Bertz CT molecular complexity index is 528. The second kappa shape index (κ2) is 5.97. The van der Waals surface area contributed by atoms with Crippen LogP contribution >= 0.6 is 0 Å². The molecule has 114 valence electrons. The third-order valence-electron chi connectivity index (χ3n) is 4.69. The maximum atomic E-state index is 10.8. The Hall–Kier alpha value is -1.69. The molecule has 1 aromatic heterocycles. The molecule has 1 atom stereocenters. The van der Waals surface area contributed by atoms with Crippen molar-refractivity contribution >= 4 is 11.5 Å². The lowest BCUT2D eigenvalue weighted by molar-refractivity contribution is -0.385. The van der Waals surface area contributed by atoms with E-state index in [2.05, 4.69) is 15.2 Å². The van der Waals surface area contributed by atoms with Crippen LogP contribution in [0.1, 0.15) is 37.7 Å². The Morgan fingerprint density at radius 2 is 2.14 bits per heavy atom. The Morgan fingerprint density at radius 3 is 2.81 bits per heavy atom. The third kappa shape index (κ3) is 3.15. The molecule has 0 spiro atoms. The number of aryl methyl sites for hydroxylation is 1. The number of hydrogen-bond donors (Lipinski definition) is 1. The van der Waals surface area contributed by atoms with Crippen molar-refractivity contribution < 1.29 is 4.92 Å². The van der Waals surface area contributed by atoms with Crippen molar-refractivity contribution in [1.29, 1.82) is 0 Å². The van der Waals surface area contributed by atoms with Crippen molar-refractivity contribution in [2.24, 2.45) is 0 Å². The molecular formula is C15H22N4O2. The zero-order valence-corrected chi connectivity index (χ0v) is 12.4. The molecule has 2 aliphatic rings. The lowest BCUT2D eigenvalue weighted by Crippen LogP contribution is -2.33. The average molecular weight is 290 g/mol. The summed E-state index contributed by atoms with van der Waals surface area (Å²) >= 11 is 0. The molecule has 1 N–H and O–H groups in total. The minimum Gasteiger partial charge on any atom is -0.366 e. The third-order valence-corrected chi connectivity index (χ3v) is 4.69. The lowest BCUT2D eigenvalue weighted by Gasteiger charge is -2.23. The van der Waals surface area contributed by atoms with Gasteiger partial charge in [-0.1, -0.05) is 12.8 Å². The zero-order valence-electron chi connectivity index (χ0n) is 12.4. The van der Waals surface area contributed by atoms with E-state index in [9.17, 15) is 10.1 Å². The highest BCUT2D eigenvalue weighted by atomic mass is 16.6. The molecule has 21 heavy (non-hydrogen) atoms. The van der Waals surface area contributed by atoms with E-state index < -0.39 is 0 Å². The fourth-order valence-electron chi connectivity index (χ4n) is 3.53. The van der Waals surface area contributed by atoms with Crippen LogP contribution in [0.4, 0.5) is 11.5 Å². The molecule has 1 aromatic rings. The molecule has 1 saturated heterocycles. The molecule has 1 saturated carbocycles. The van der Waals surface area contributed by atoms with Gasteiger partial charge in [0.25, 0.3) is 5.69 Å². The summed E-state index contributed by atoms with van der Waals surface area (Å²) < 4.78 is 0. The Labute approximate surface area is 124 Å². The fraction of sp³-hybridized carbons (Fsp3) is 0.667. The first-order valence-electron chi connectivity index (χ1n) is 7.75. The molecule has 0 amide bonds. The number of nitrogens with zero attached hydrogens (tertiary/aromatic N) is 3. The van der Waals surface area contributed by atoms with Gasteiger partial charge >= 0.3 is 0 Å². The maximum absolute atomic E-state index is 10.8. The van der Waals surface area contributed by atoms with Gasteiger partial charge in [0.15, 0.2) is 0 Å². The second-order valence-corrected chi connectivity index (χ2v) is 6.18. The van der Waals surface area contributed by atoms with Crippen molar-refractivity contribution in [3.63, 3.8) is 0 Å². The first kappa shape index (κ1) is 14.3. The number of pyridine rings is 1. The van der Waals surface area contributed by atoms with Gasteiger partial charge in [-0.25, -0.2) is 4.98 Å². The predicted octanol–water partition coefficient (Wildman–Crippen LogP) is 2.73. The number of aromatic nitrogens is 1. The van der Waals surface area contributed by atoms with Gasteiger partial charge in [-0.3, -0.25) is 15.0 Å². The van der Waals surface area contributed by atoms with E-state index in [4.69, 9.17) is 0 Å². The summed E-state index contributed by atoms with van der Waals surface area (Å²) in [6.45, 7) is 3.96. The molecule has 6 heteroatoms. The van der Waals surface area contributed by atoms with Crippen molar-refractivity contribution in [2.45, 2.75) is 51.1 Å². The Kier molecular flexibility index (Phi) is 4.05. The summed E-state index contributed by atoms with van der Waals surface area (Å²) in [6, 6.07) is 2.94. The Morgan fingerprint density at radius 1 is 1.38 bits per heavy atom. The molecule has 3 rings (SSSR count). The summed E-state index contributed by atoms with van der Waals surface area (Å²) in [4.78, 5) is 17.2. The molecule has 2 fully saturated rings. The summed E-state index contributed by atoms with van der Waals surface area (Å²) in [5.41, 5.74) is 0.739. The number of rotatable bonds is 4. The lowest BCUT2D eigenvalue weighted by atomic mass is 10.2. The number of hydrogen-bond acceptors (Lipinski definition) is 5. The molecule has 1 aliphatic carbocycles. The molecule has 6 nitrogen and oxygen atoms in total. The van der Waals surface area contributed by atoms with E-state index in [1.54, 1.807) is 13.0 Å². The second-order valence-electron chi connectivity index (χ2n) is 6.18. The van der Waals surface area contributed by atoms with Crippen LogP contribution in [0.2, 0.25) is 0 Å². The van der Waals surface area contributed by atoms with E-state index in [1.165, 1.54) is 31.9 Å². The van der Waals surface area contributed by atoms with E-state index in [0.717, 1.165) is 31.4 Å². The van der Waals surface area contributed by atoms with Gasteiger partial charge in [-0.05, 0) is 32.3 Å². The van der Waals surface area contributed by atoms with E-state index in [1.807, 2.05) is 0 Å². The van der Waals surface area contributed by atoms with Gasteiger partial charge in [-0.15, -0.1) is 0 Å². The first-order valence-corrected chi connectivity index (χ1v) is 7.75. The standard InChI is InChI=1S/C15H22N4O2/c1-11-8-15(16-9-14(11)19(20)21)17-12-6-7-18(10-12)13-4-2-3-5-13/h8-9,12-13H,2-7,10H2,1H3,(H,16,17). The molecule has 1 unspecified atom stereocenters. The van der Waals surface area contributed by atoms with Crippen molar-refractivity contribution in [2.75, 3.05) is 18.4 Å². The summed E-state index contributed by atoms with van der Waals surface area (Å²) in [5, 5.41) is 14.2. The SMILES string of the molecule is Cc1cc(NC2CCN(C3CCCC3)C2)ncc1[N+](=O)[O-]. The normalized spacial score (nSPS) is 23.6. The molecular weight excluding hydrogens is 268 g/mol. The van der Waals surface area contributed by atoms with Gasteiger partial charge in [0, 0.05) is 30.7 Å². The zero-order chi connectivity index (χ0) is 14.8. The quantitative estimate of drug-likeness (QED) is 0.682. The monoisotopic (exact) mass is 290 g/mol. The molecule has 1 aliphatic heterocycles. The van der Waals surface area contributed by atoms with Crippen LogP contribution in [0.3, 0.4) is 0 Å². The van der Waals surface area contributed by atoms with Crippen molar-refractivity contribution in [1.82, 2.24) is 9.88 Å². The molecule has 2 heterocycles. The van der Waals surface area contributed by atoms with Crippen LogP contribution in [0.25, 0.3) is 0 Å². The van der Waals surface area contributed by atoms with Crippen LogP contribution in [-0.2, 0) is 0 Å². The molecule has 0 bridgehead atoms. The minimum absolute atomic E-state index is 0.0829. The summed E-state index contributed by atoms with van der Waals surface area (Å²) in [5.74, 6) is 0.747. The van der Waals surface area contributed by atoms with Gasteiger partial charge < -0.3 is 5.32 Å². The highest BCUT2D eigenvalue weighted by Crippen LogP contribution is 2.27. The minimum atomic E-state index is -0.385. The highest BCUT2D eigenvalue weighted by Gasteiger charge is 2.30. The van der Waals surface area contributed by atoms with Crippen LogP contribution < -0.4 is 5.32 Å². The summed E-state index contributed by atoms with van der Waals surface area (Å²) in [6.07, 6.45) is 7.86. The van der Waals surface area contributed by atoms with Crippen LogP contribution in [-0.4, -0.2) is 40.0 Å². The fourth-order valence-corrected chi connectivity index (χ4v) is 3.53. The number of nitrogens with one attached hydrogen (secondary N) is 1. The smallest absolute Gasteiger partial charge is 0.290 e. The number of nitro groups is 1. The van der Waals surface area contributed by atoms with Gasteiger partial charge in [0.1, 0.15) is 12.0 Å². The Balaban J connectivity index is 1.60. The van der Waals surface area contributed by atoms with Gasteiger partial charge in [0.2, 0.25) is 0 Å². The van der Waals surface area contributed by atoms with Crippen molar-refractivity contribution in [3.8, 4) is 0 Å².